The first-order valence-electron chi connectivity index (χ1n) is 8.08. The summed E-state index contributed by atoms with van der Waals surface area (Å²) < 4.78 is 5.36. The minimum atomic E-state index is -0.112. The second kappa shape index (κ2) is 7.61. The topological polar surface area (TPSA) is 88.2 Å². The standard InChI is InChI=1S/C19H19N3O3/c1-13-21-22-19(25-13)16-8-6-15(7-9-16)18(24)20-12-2-3-14-4-10-17(23)11-5-14/h4-11,23H,2-3,12H2,1H3,(H,20,24). The lowest BCUT2D eigenvalue weighted by Gasteiger charge is -2.06. The van der Waals surface area contributed by atoms with Crippen molar-refractivity contribution in [3.63, 3.8) is 0 Å². The number of nitrogens with zero attached hydrogens (tertiary/aromatic N) is 2. The Labute approximate surface area is 145 Å². The number of aryl methyl sites for hydroxylation is 2. The average Bonchev–Trinajstić information content (AvgIpc) is 3.06. The second-order valence-corrected chi connectivity index (χ2v) is 5.73. The molecule has 0 saturated heterocycles. The first-order chi connectivity index (χ1) is 12.1. The number of aromatic hydroxyl groups is 1. The molecule has 0 aliphatic carbocycles. The third-order valence-corrected chi connectivity index (χ3v) is 3.78. The van der Waals surface area contributed by atoms with Gasteiger partial charge in [-0.1, -0.05) is 12.1 Å². The Morgan fingerprint density at radius 2 is 1.80 bits per heavy atom. The Morgan fingerprint density at radius 3 is 2.44 bits per heavy atom. The van der Waals surface area contributed by atoms with Gasteiger partial charge in [0.25, 0.3) is 5.91 Å². The van der Waals surface area contributed by atoms with Gasteiger partial charge in [-0.15, -0.1) is 10.2 Å². The van der Waals surface area contributed by atoms with Gasteiger partial charge in [0.2, 0.25) is 11.8 Å². The summed E-state index contributed by atoms with van der Waals surface area (Å²) in [6.07, 6.45) is 1.67. The highest BCUT2D eigenvalue weighted by Crippen LogP contribution is 2.18. The fourth-order valence-corrected chi connectivity index (χ4v) is 2.44. The number of rotatable bonds is 6. The summed E-state index contributed by atoms with van der Waals surface area (Å²) in [6.45, 7) is 2.32. The molecule has 3 aromatic rings. The van der Waals surface area contributed by atoms with Crippen LogP contribution in [0.15, 0.2) is 52.9 Å². The van der Waals surface area contributed by atoms with Crippen molar-refractivity contribution in [1.29, 1.82) is 0 Å². The number of phenols is 1. The zero-order chi connectivity index (χ0) is 17.6. The molecule has 1 amide bonds. The molecule has 1 aromatic heterocycles. The zero-order valence-electron chi connectivity index (χ0n) is 13.9. The molecule has 0 radical (unpaired) electrons. The molecule has 2 aromatic carbocycles. The Hall–Kier alpha value is -3.15. The number of hydrogen-bond donors (Lipinski definition) is 2. The van der Waals surface area contributed by atoms with Crippen molar-refractivity contribution < 1.29 is 14.3 Å². The number of benzene rings is 2. The van der Waals surface area contributed by atoms with Gasteiger partial charge in [0.1, 0.15) is 5.75 Å². The van der Waals surface area contributed by atoms with Gasteiger partial charge >= 0.3 is 0 Å². The van der Waals surface area contributed by atoms with Gasteiger partial charge in [-0.2, -0.15) is 0 Å². The first kappa shape index (κ1) is 16.7. The van der Waals surface area contributed by atoms with E-state index in [1.807, 2.05) is 12.1 Å². The van der Waals surface area contributed by atoms with Crippen molar-refractivity contribution in [2.24, 2.45) is 0 Å². The Morgan fingerprint density at radius 1 is 1.08 bits per heavy atom. The molecule has 1 heterocycles. The highest BCUT2D eigenvalue weighted by molar-refractivity contribution is 5.94. The number of carbonyl (C=O) groups excluding carboxylic acids is 1. The van der Waals surface area contributed by atoms with Crippen LogP contribution in [0.5, 0.6) is 5.75 Å². The minimum absolute atomic E-state index is 0.112. The Bertz CT molecular complexity index is 839. The van der Waals surface area contributed by atoms with E-state index in [9.17, 15) is 9.90 Å². The summed E-state index contributed by atoms with van der Waals surface area (Å²) in [5.41, 5.74) is 2.50. The van der Waals surface area contributed by atoms with Crippen molar-refractivity contribution in [2.75, 3.05) is 6.54 Å². The average molecular weight is 337 g/mol. The molecule has 6 nitrogen and oxygen atoms in total. The van der Waals surface area contributed by atoms with Crippen LogP contribution in [0.25, 0.3) is 11.5 Å². The maximum atomic E-state index is 12.2. The molecule has 0 saturated carbocycles. The highest BCUT2D eigenvalue weighted by Gasteiger charge is 2.08. The summed E-state index contributed by atoms with van der Waals surface area (Å²) in [7, 11) is 0. The monoisotopic (exact) mass is 337 g/mol. The summed E-state index contributed by atoms with van der Waals surface area (Å²) >= 11 is 0. The molecular formula is C19H19N3O3. The van der Waals surface area contributed by atoms with Gasteiger partial charge in [0.05, 0.1) is 0 Å². The van der Waals surface area contributed by atoms with Crippen molar-refractivity contribution in [3.8, 4) is 17.2 Å². The van der Waals surface area contributed by atoms with Crippen LogP contribution in [0.2, 0.25) is 0 Å². The van der Waals surface area contributed by atoms with Crippen LogP contribution in [-0.2, 0) is 6.42 Å². The van der Waals surface area contributed by atoms with Gasteiger partial charge < -0.3 is 14.8 Å². The van der Waals surface area contributed by atoms with Gasteiger partial charge in [-0.25, -0.2) is 0 Å². The summed E-state index contributed by atoms with van der Waals surface area (Å²) in [5.74, 6) is 1.10. The summed E-state index contributed by atoms with van der Waals surface area (Å²) in [4.78, 5) is 12.2. The fraction of sp³-hybridized carbons (Fsp3) is 0.211. The highest BCUT2D eigenvalue weighted by atomic mass is 16.4. The van der Waals surface area contributed by atoms with Gasteiger partial charge in [0, 0.05) is 24.6 Å². The molecule has 3 rings (SSSR count). The van der Waals surface area contributed by atoms with E-state index in [1.54, 1.807) is 43.3 Å². The number of aromatic nitrogens is 2. The molecule has 128 valence electrons. The SMILES string of the molecule is Cc1nnc(-c2ccc(C(=O)NCCCc3ccc(O)cc3)cc2)o1. The molecule has 0 atom stereocenters. The van der Waals surface area contributed by atoms with Crippen molar-refractivity contribution >= 4 is 5.91 Å². The van der Waals surface area contributed by atoms with Crippen molar-refractivity contribution in [3.05, 3.63) is 65.5 Å². The Balaban J connectivity index is 1.48. The lowest BCUT2D eigenvalue weighted by molar-refractivity contribution is 0.0953. The normalized spacial score (nSPS) is 10.6. The third kappa shape index (κ3) is 4.44. The lowest BCUT2D eigenvalue weighted by atomic mass is 10.1. The molecule has 0 bridgehead atoms. The minimum Gasteiger partial charge on any atom is -0.508 e. The van der Waals surface area contributed by atoms with E-state index in [0.29, 0.717) is 23.9 Å². The summed E-state index contributed by atoms with van der Waals surface area (Å²) in [5, 5.41) is 19.9. The van der Waals surface area contributed by atoms with Gasteiger partial charge in [-0.05, 0) is 54.8 Å². The summed E-state index contributed by atoms with van der Waals surface area (Å²) in [6, 6.07) is 14.2. The molecular weight excluding hydrogens is 318 g/mol. The number of phenolic OH excluding ortho intramolecular Hbond substituents is 1. The maximum absolute atomic E-state index is 12.2. The third-order valence-electron chi connectivity index (χ3n) is 3.78. The van der Waals surface area contributed by atoms with Crippen LogP contribution in [0.3, 0.4) is 0 Å². The smallest absolute Gasteiger partial charge is 0.251 e. The Kier molecular flexibility index (Phi) is 5.09. The molecule has 0 aliphatic rings. The number of nitrogens with one attached hydrogen (secondary N) is 1. The molecule has 0 spiro atoms. The van der Waals surface area contributed by atoms with Gasteiger partial charge in [0.15, 0.2) is 0 Å². The molecule has 0 fully saturated rings. The molecule has 0 unspecified atom stereocenters. The van der Waals surface area contributed by atoms with Crippen LogP contribution >= 0.6 is 0 Å². The molecule has 2 N–H and O–H groups in total. The molecule has 6 heteroatoms. The molecule has 0 aliphatic heterocycles. The van der Waals surface area contributed by atoms with E-state index in [0.717, 1.165) is 24.0 Å². The van der Waals surface area contributed by atoms with Crippen LogP contribution in [0.4, 0.5) is 0 Å². The van der Waals surface area contributed by atoms with Crippen molar-refractivity contribution in [2.45, 2.75) is 19.8 Å². The largest absolute Gasteiger partial charge is 0.508 e. The van der Waals surface area contributed by atoms with E-state index in [2.05, 4.69) is 15.5 Å². The zero-order valence-corrected chi connectivity index (χ0v) is 13.9. The number of hydrogen-bond acceptors (Lipinski definition) is 5. The van der Waals surface area contributed by atoms with Crippen molar-refractivity contribution in [1.82, 2.24) is 15.5 Å². The second-order valence-electron chi connectivity index (χ2n) is 5.73. The van der Waals surface area contributed by atoms with E-state index >= 15 is 0 Å². The van der Waals surface area contributed by atoms with E-state index < -0.39 is 0 Å². The molecule has 25 heavy (non-hydrogen) atoms. The van der Waals surface area contributed by atoms with E-state index in [1.165, 1.54) is 0 Å². The van der Waals surface area contributed by atoms with Crippen LogP contribution < -0.4 is 5.32 Å². The predicted molar refractivity (Wildman–Crippen MR) is 93.2 cm³/mol. The lowest BCUT2D eigenvalue weighted by Crippen LogP contribution is -2.24. The number of amides is 1. The maximum Gasteiger partial charge on any atom is 0.251 e. The predicted octanol–water partition coefficient (Wildman–Crippen LogP) is 3.11. The van der Waals surface area contributed by atoms with Crippen LogP contribution in [-0.4, -0.2) is 27.8 Å². The van der Waals surface area contributed by atoms with Gasteiger partial charge in [-0.3, -0.25) is 4.79 Å². The number of carbonyl (C=O) groups is 1. The fourth-order valence-electron chi connectivity index (χ4n) is 2.44. The van der Waals surface area contributed by atoms with E-state index in [-0.39, 0.29) is 11.7 Å². The first-order valence-corrected chi connectivity index (χ1v) is 8.08. The van der Waals surface area contributed by atoms with Crippen LogP contribution in [0, 0.1) is 6.92 Å². The van der Waals surface area contributed by atoms with Crippen LogP contribution in [0.1, 0.15) is 28.2 Å². The van der Waals surface area contributed by atoms with E-state index in [4.69, 9.17) is 4.42 Å². The quantitative estimate of drug-likeness (QED) is 0.675.